The molecular formula is C20H23F2NO3S2. The predicted molar refractivity (Wildman–Crippen MR) is 107 cm³/mol. The molecule has 4 nitrogen and oxygen atoms in total. The van der Waals surface area contributed by atoms with Crippen molar-refractivity contribution in [3.63, 3.8) is 0 Å². The Labute approximate surface area is 171 Å². The molecule has 152 valence electrons. The Kier molecular flexibility index (Phi) is 5.88. The summed E-state index contributed by atoms with van der Waals surface area (Å²) in [6.07, 6.45) is 5.23. The van der Waals surface area contributed by atoms with Crippen molar-refractivity contribution in [1.82, 2.24) is 0 Å². The van der Waals surface area contributed by atoms with Crippen molar-refractivity contribution in [1.29, 1.82) is 0 Å². The third kappa shape index (κ3) is 3.90. The monoisotopic (exact) mass is 427 g/mol. The van der Waals surface area contributed by atoms with E-state index < -0.39 is 24.1 Å². The first kappa shape index (κ1) is 20.0. The molecular weight excluding hydrogens is 404 g/mol. The first-order valence-corrected chi connectivity index (χ1v) is 11.6. The average molecular weight is 428 g/mol. The zero-order chi connectivity index (χ0) is 19.7. The van der Waals surface area contributed by atoms with Crippen LogP contribution in [0.15, 0.2) is 18.2 Å². The van der Waals surface area contributed by atoms with E-state index in [4.69, 9.17) is 4.74 Å². The Balaban J connectivity index is 1.30. The lowest BCUT2D eigenvalue weighted by Crippen LogP contribution is -2.48. The molecule has 3 fully saturated rings. The number of amides is 1. The number of hydrogen-bond donors (Lipinski definition) is 1. The number of carbonyl (C=O) groups is 2. The van der Waals surface area contributed by atoms with Crippen LogP contribution in [-0.4, -0.2) is 34.1 Å². The fourth-order valence-corrected chi connectivity index (χ4v) is 8.76. The van der Waals surface area contributed by atoms with Gasteiger partial charge in [-0.2, -0.15) is 0 Å². The zero-order valence-electron chi connectivity index (χ0n) is 15.4. The molecule has 0 aromatic heterocycles. The summed E-state index contributed by atoms with van der Waals surface area (Å²) in [5, 5.41) is 2.42. The third-order valence-electron chi connectivity index (χ3n) is 6.00. The van der Waals surface area contributed by atoms with Crippen molar-refractivity contribution >= 4 is 41.1 Å². The molecule has 1 saturated heterocycles. The van der Waals surface area contributed by atoms with Gasteiger partial charge in [0.25, 0.3) is 5.91 Å². The van der Waals surface area contributed by atoms with Gasteiger partial charge in [0, 0.05) is 23.3 Å². The van der Waals surface area contributed by atoms with E-state index in [1.54, 1.807) is 0 Å². The highest BCUT2D eigenvalue weighted by Crippen LogP contribution is 2.64. The van der Waals surface area contributed by atoms with Crippen LogP contribution in [0.2, 0.25) is 0 Å². The van der Waals surface area contributed by atoms with Gasteiger partial charge >= 0.3 is 5.97 Å². The highest BCUT2D eigenvalue weighted by Gasteiger charge is 2.55. The van der Waals surface area contributed by atoms with Gasteiger partial charge in [0.15, 0.2) is 18.2 Å². The minimum Gasteiger partial charge on any atom is -0.455 e. The molecule has 1 heterocycles. The van der Waals surface area contributed by atoms with Crippen molar-refractivity contribution in [2.75, 3.05) is 23.4 Å². The van der Waals surface area contributed by atoms with Crippen LogP contribution in [0, 0.1) is 29.4 Å². The lowest BCUT2D eigenvalue weighted by atomic mass is 9.67. The van der Waals surface area contributed by atoms with Crippen LogP contribution in [0.4, 0.5) is 14.5 Å². The maximum atomic E-state index is 13.2. The van der Waals surface area contributed by atoms with Gasteiger partial charge in [-0.15, -0.1) is 23.5 Å². The van der Waals surface area contributed by atoms with Crippen molar-refractivity contribution in [2.24, 2.45) is 17.8 Å². The molecule has 1 spiro atoms. The molecule has 1 aromatic carbocycles. The fraction of sp³-hybridized carbons (Fsp3) is 0.600. The van der Waals surface area contributed by atoms with E-state index in [0.29, 0.717) is 15.9 Å². The standard InChI is InChI=1S/C20H23F2NO3S2/c21-16-5-4-15(10-17(16)22)23-18(24)11-26-19(25)12-8-13-2-1-3-14(9-12)20(13)27-6-7-28-20/h4-5,10,12-14H,1-3,6-9,11H2,(H,23,24). The van der Waals surface area contributed by atoms with Gasteiger partial charge < -0.3 is 10.1 Å². The zero-order valence-corrected chi connectivity index (χ0v) is 17.1. The fourth-order valence-electron chi connectivity index (χ4n) is 4.83. The second-order valence-corrected chi connectivity index (χ2v) is 10.7. The molecule has 4 rings (SSSR count). The Bertz CT molecular complexity index is 754. The number of thioether (sulfide) groups is 2. The summed E-state index contributed by atoms with van der Waals surface area (Å²) in [6.45, 7) is -0.418. The number of anilines is 1. The lowest BCUT2D eigenvalue weighted by Gasteiger charge is -2.51. The predicted octanol–water partition coefficient (Wildman–Crippen LogP) is 4.45. The Hall–Kier alpha value is -1.28. The normalized spacial score (nSPS) is 28.1. The number of benzene rings is 1. The summed E-state index contributed by atoms with van der Waals surface area (Å²) in [7, 11) is 0. The van der Waals surface area contributed by atoms with Crippen molar-refractivity contribution in [3.8, 4) is 0 Å². The SMILES string of the molecule is O=C(COC(=O)C1CC2CCCC(C1)C21SCCS1)Nc1ccc(F)c(F)c1. The quantitative estimate of drug-likeness (QED) is 0.720. The number of nitrogens with one attached hydrogen (secondary N) is 1. The highest BCUT2D eigenvalue weighted by atomic mass is 32.2. The van der Waals surface area contributed by atoms with Crippen LogP contribution in [-0.2, 0) is 14.3 Å². The summed E-state index contributed by atoms with van der Waals surface area (Å²) in [4.78, 5) is 24.5. The van der Waals surface area contributed by atoms with Crippen molar-refractivity contribution in [2.45, 2.75) is 36.2 Å². The largest absolute Gasteiger partial charge is 0.455 e. The first-order chi connectivity index (χ1) is 13.5. The summed E-state index contributed by atoms with van der Waals surface area (Å²) in [5.41, 5.74) is 0.129. The average Bonchev–Trinajstić information content (AvgIpc) is 3.12. The van der Waals surface area contributed by atoms with E-state index in [1.807, 2.05) is 0 Å². The highest BCUT2D eigenvalue weighted by molar-refractivity contribution is 8.21. The van der Waals surface area contributed by atoms with Crippen LogP contribution in [0.3, 0.4) is 0 Å². The molecule has 3 aliphatic rings. The summed E-state index contributed by atoms with van der Waals surface area (Å²) in [6, 6.07) is 3.09. The van der Waals surface area contributed by atoms with Crippen LogP contribution in [0.1, 0.15) is 32.1 Å². The molecule has 2 bridgehead atoms. The number of ether oxygens (including phenoxy) is 1. The smallest absolute Gasteiger partial charge is 0.309 e. The van der Waals surface area contributed by atoms with Crippen molar-refractivity contribution < 1.29 is 23.1 Å². The second-order valence-electron chi connectivity index (χ2n) is 7.70. The van der Waals surface area contributed by atoms with Gasteiger partial charge in [0.2, 0.25) is 0 Å². The van der Waals surface area contributed by atoms with Gasteiger partial charge in [0.05, 0.1) is 10.00 Å². The molecule has 1 aliphatic heterocycles. The van der Waals surface area contributed by atoms with Crippen LogP contribution in [0.25, 0.3) is 0 Å². The maximum absolute atomic E-state index is 13.2. The number of halogens is 2. The van der Waals surface area contributed by atoms with Crippen LogP contribution in [0.5, 0.6) is 0 Å². The van der Waals surface area contributed by atoms with Crippen LogP contribution >= 0.6 is 23.5 Å². The van der Waals surface area contributed by atoms with Gasteiger partial charge in [-0.05, 0) is 49.7 Å². The van der Waals surface area contributed by atoms with E-state index in [-0.39, 0.29) is 17.6 Å². The molecule has 0 radical (unpaired) electrons. The number of hydrogen-bond acceptors (Lipinski definition) is 5. The van der Waals surface area contributed by atoms with E-state index in [9.17, 15) is 18.4 Å². The molecule has 2 unspecified atom stereocenters. The molecule has 2 saturated carbocycles. The molecule has 1 amide bonds. The van der Waals surface area contributed by atoms with Crippen LogP contribution < -0.4 is 5.32 Å². The van der Waals surface area contributed by atoms with Gasteiger partial charge in [0.1, 0.15) is 0 Å². The first-order valence-electron chi connectivity index (χ1n) is 9.67. The Morgan fingerprint density at radius 3 is 2.43 bits per heavy atom. The molecule has 1 N–H and O–H groups in total. The van der Waals surface area contributed by atoms with E-state index in [1.165, 1.54) is 24.0 Å². The van der Waals surface area contributed by atoms with E-state index in [0.717, 1.165) is 37.8 Å². The van der Waals surface area contributed by atoms with E-state index >= 15 is 0 Å². The van der Waals surface area contributed by atoms with Crippen molar-refractivity contribution in [3.05, 3.63) is 29.8 Å². The maximum Gasteiger partial charge on any atom is 0.309 e. The summed E-state index contributed by atoms with van der Waals surface area (Å²) < 4.78 is 31.7. The molecule has 2 aliphatic carbocycles. The molecule has 28 heavy (non-hydrogen) atoms. The third-order valence-corrected chi connectivity index (χ3v) is 10.0. The summed E-state index contributed by atoms with van der Waals surface area (Å²) >= 11 is 4.16. The molecule has 2 atom stereocenters. The van der Waals surface area contributed by atoms with Gasteiger partial charge in [-0.3, -0.25) is 9.59 Å². The Morgan fingerprint density at radius 2 is 1.79 bits per heavy atom. The topological polar surface area (TPSA) is 55.4 Å². The molecule has 1 aromatic rings. The summed E-state index contributed by atoms with van der Waals surface area (Å²) in [5.74, 6) is 0.391. The van der Waals surface area contributed by atoms with Gasteiger partial charge in [-0.25, -0.2) is 8.78 Å². The second kappa shape index (κ2) is 8.22. The minimum absolute atomic E-state index is 0.129. The number of rotatable bonds is 4. The number of carbonyl (C=O) groups excluding carboxylic acids is 2. The lowest BCUT2D eigenvalue weighted by molar-refractivity contribution is -0.154. The van der Waals surface area contributed by atoms with E-state index in [2.05, 4.69) is 28.8 Å². The van der Waals surface area contributed by atoms with Gasteiger partial charge in [-0.1, -0.05) is 6.42 Å². The molecule has 8 heteroatoms. The number of esters is 1. The minimum atomic E-state index is -1.04. The Morgan fingerprint density at radius 1 is 1.11 bits per heavy atom.